The van der Waals surface area contributed by atoms with E-state index in [1.807, 2.05) is 97.9 Å². The monoisotopic (exact) mass is 346 g/mol. The minimum atomic E-state index is -0.939. The van der Waals surface area contributed by atoms with Gasteiger partial charge in [0.25, 0.3) is 0 Å². The third-order valence-corrected chi connectivity index (χ3v) is 4.45. The third-order valence-electron chi connectivity index (χ3n) is 4.45. The van der Waals surface area contributed by atoms with Crippen LogP contribution >= 0.6 is 0 Å². The fourth-order valence-electron chi connectivity index (χ4n) is 2.89. The van der Waals surface area contributed by atoms with E-state index < -0.39 is 18.1 Å². The highest BCUT2D eigenvalue weighted by Crippen LogP contribution is 2.33. The third kappa shape index (κ3) is 4.19. The molecule has 3 nitrogen and oxygen atoms in total. The predicted molar refractivity (Wildman–Crippen MR) is 102 cm³/mol. The van der Waals surface area contributed by atoms with Crippen LogP contribution in [0.3, 0.4) is 0 Å². The molecule has 0 radical (unpaired) electrons. The molecule has 26 heavy (non-hydrogen) atoms. The van der Waals surface area contributed by atoms with Crippen LogP contribution in [0.4, 0.5) is 0 Å². The number of esters is 1. The molecule has 3 aromatic carbocycles. The standard InChI is InChI=1S/C23H22O3/c1-17(18-11-5-2-6-12-18)23(25)26-22(20-15-9-4-10-16-20)21(24)19-13-7-3-8-14-19/h2-17,21-22,24H,1H3/t17-,21+,22-/m1/s1. The van der Waals surface area contributed by atoms with Crippen LogP contribution < -0.4 is 0 Å². The summed E-state index contributed by atoms with van der Waals surface area (Å²) >= 11 is 0. The molecule has 0 heterocycles. The lowest BCUT2D eigenvalue weighted by atomic mass is 9.97. The molecular formula is C23H22O3. The van der Waals surface area contributed by atoms with Crippen molar-refractivity contribution in [3.8, 4) is 0 Å². The lowest BCUT2D eigenvalue weighted by Gasteiger charge is -2.25. The molecule has 3 aromatic rings. The summed E-state index contributed by atoms with van der Waals surface area (Å²) in [4.78, 5) is 12.7. The van der Waals surface area contributed by atoms with E-state index in [4.69, 9.17) is 4.74 Å². The first-order chi connectivity index (χ1) is 12.7. The molecule has 0 saturated carbocycles. The van der Waals surface area contributed by atoms with Crippen molar-refractivity contribution in [1.29, 1.82) is 0 Å². The molecule has 0 aliphatic carbocycles. The molecule has 3 rings (SSSR count). The first kappa shape index (κ1) is 17.9. The van der Waals surface area contributed by atoms with Gasteiger partial charge in [-0.05, 0) is 23.6 Å². The number of carbonyl (C=O) groups excluding carboxylic acids is 1. The topological polar surface area (TPSA) is 46.5 Å². The zero-order valence-corrected chi connectivity index (χ0v) is 14.7. The summed E-state index contributed by atoms with van der Waals surface area (Å²) in [7, 11) is 0. The van der Waals surface area contributed by atoms with E-state index in [1.54, 1.807) is 0 Å². The Hall–Kier alpha value is -2.91. The Morgan fingerprint density at radius 1 is 0.731 bits per heavy atom. The Bertz CT molecular complexity index is 816. The van der Waals surface area contributed by atoms with E-state index >= 15 is 0 Å². The van der Waals surface area contributed by atoms with Gasteiger partial charge in [-0.25, -0.2) is 0 Å². The molecule has 132 valence electrons. The van der Waals surface area contributed by atoms with Gasteiger partial charge in [-0.3, -0.25) is 4.79 Å². The quantitative estimate of drug-likeness (QED) is 0.652. The summed E-state index contributed by atoms with van der Waals surface area (Å²) in [6, 6.07) is 28.1. The van der Waals surface area contributed by atoms with E-state index in [-0.39, 0.29) is 5.97 Å². The summed E-state index contributed by atoms with van der Waals surface area (Å²) in [6.45, 7) is 1.81. The number of rotatable bonds is 6. The summed E-state index contributed by atoms with van der Waals surface area (Å²) in [5, 5.41) is 10.9. The molecule has 0 unspecified atom stereocenters. The fourth-order valence-corrected chi connectivity index (χ4v) is 2.89. The largest absolute Gasteiger partial charge is 0.454 e. The van der Waals surface area contributed by atoms with Crippen molar-refractivity contribution in [2.45, 2.75) is 25.0 Å². The first-order valence-electron chi connectivity index (χ1n) is 8.70. The second-order valence-electron chi connectivity index (χ2n) is 6.26. The molecule has 0 saturated heterocycles. The summed E-state index contributed by atoms with van der Waals surface area (Å²) in [6.07, 6.45) is -1.71. The Morgan fingerprint density at radius 2 is 1.15 bits per heavy atom. The van der Waals surface area contributed by atoms with Gasteiger partial charge in [0.05, 0.1) is 5.92 Å². The highest BCUT2D eigenvalue weighted by atomic mass is 16.6. The van der Waals surface area contributed by atoms with Gasteiger partial charge < -0.3 is 9.84 Å². The van der Waals surface area contributed by atoms with E-state index in [2.05, 4.69) is 0 Å². The number of benzene rings is 3. The zero-order valence-electron chi connectivity index (χ0n) is 14.7. The van der Waals surface area contributed by atoms with Crippen LogP contribution in [0.5, 0.6) is 0 Å². The van der Waals surface area contributed by atoms with Gasteiger partial charge >= 0.3 is 5.97 Å². The second-order valence-corrected chi connectivity index (χ2v) is 6.26. The highest BCUT2D eigenvalue weighted by Gasteiger charge is 2.29. The first-order valence-corrected chi connectivity index (χ1v) is 8.70. The Kier molecular flexibility index (Phi) is 5.82. The van der Waals surface area contributed by atoms with Crippen LogP contribution in [-0.4, -0.2) is 11.1 Å². The average Bonchev–Trinajstić information content (AvgIpc) is 2.72. The lowest BCUT2D eigenvalue weighted by molar-refractivity contribution is -0.157. The van der Waals surface area contributed by atoms with Gasteiger partial charge in [-0.15, -0.1) is 0 Å². The summed E-state index contributed by atoms with van der Waals surface area (Å²) in [5.74, 6) is -0.773. The van der Waals surface area contributed by atoms with Gasteiger partial charge in [-0.2, -0.15) is 0 Å². The average molecular weight is 346 g/mol. The van der Waals surface area contributed by atoms with Crippen molar-refractivity contribution in [3.05, 3.63) is 108 Å². The molecule has 0 bridgehead atoms. The van der Waals surface area contributed by atoms with Gasteiger partial charge in [0.1, 0.15) is 6.10 Å². The number of aliphatic hydroxyl groups is 1. The molecular weight excluding hydrogens is 324 g/mol. The maximum atomic E-state index is 12.7. The molecule has 0 aliphatic heterocycles. The highest BCUT2D eigenvalue weighted by molar-refractivity contribution is 5.78. The van der Waals surface area contributed by atoms with Gasteiger partial charge in [0, 0.05) is 0 Å². The number of aliphatic hydroxyl groups excluding tert-OH is 1. The number of ether oxygens (including phenoxy) is 1. The van der Waals surface area contributed by atoms with E-state index in [1.165, 1.54) is 0 Å². The van der Waals surface area contributed by atoms with Crippen LogP contribution in [0.15, 0.2) is 91.0 Å². The minimum Gasteiger partial charge on any atom is -0.454 e. The normalized spacial score (nSPS) is 14.2. The van der Waals surface area contributed by atoms with Crippen LogP contribution in [0.2, 0.25) is 0 Å². The van der Waals surface area contributed by atoms with Gasteiger partial charge in [0.15, 0.2) is 6.10 Å². The maximum Gasteiger partial charge on any atom is 0.313 e. The molecule has 0 aromatic heterocycles. The van der Waals surface area contributed by atoms with E-state index in [0.29, 0.717) is 5.56 Å². The molecule has 0 aliphatic rings. The maximum absolute atomic E-state index is 12.7. The van der Waals surface area contributed by atoms with E-state index in [0.717, 1.165) is 11.1 Å². The number of carbonyl (C=O) groups is 1. The second kappa shape index (κ2) is 8.45. The zero-order chi connectivity index (χ0) is 18.4. The molecule has 0 fully saturated rings. The molecule has 3 atom stereocenters. The fraction of sp³-hybridized carbons (Fsp3) is 0.174. The number of hydrogen-bond acceptors (Lipinski definition) is 3. The lowest BCUT2D eigenvalue weighted by Crippen LogP contribution is -2.21. The van der Waals surface area contributed by atoms with Gasteiger partial charge in [0.2, 0.25) is 0 Å². The van der Waals surface area contributed by atoms with Crippen LogP contribution in [-0.2, 0) is 9.53 Å². The Morgan fingerprint density at radius 3 is 1.65 bits per heavy atom. The smallest absolute Gasteiger partial charge is 0.313 e. The van der Waals surface area contributed by atoms with Gasteiger partial charge in [-0.1, -0.05) is 91.0 Å². The van der Waals surface area contributed by atoms with Crippen molar-refractivity contribution in [2.75, 3.05) is 0 Å². The van der Waals surface area contributed by atoms with Crippen LogP contribution in [0.25, 0.3) is 0 Å². The molecule has 0 spiro atoms. The van der Waals surface area contributed by atoms with Crippen LogP contribution in [0, 0.1) is 0 Å². The predicted octanol–water partition coefficient (Wildman–Crippen LogP) is 4.81. The van der Waals surface area contributed by atoms with Crippen molar-refractivity contribution in [2.24, 2.45) is 0 Å². The van der Waals surface area contributed by atoms with Crippen molar-refractivity contribution < 1.29 is 14.6 Å². The van der Waals surface area contributed by atoms with Crippen molar-refractivity contribution in [1.82, 2.24) is 0 Å². The summed E-state index contributed by atoms with van der Waals surface area (Å²) in [5.41, 5.74) is 2.36. The van der Waals surface area contributed by atoms with Crippen molar-refractivity contribution in [3.63, 3.8) is 0 Å². The molecule has 1 N–H and O–H groups in total. The van der Waals surface area contributed by atoms with E-state index in [9.17, 15) is 9.90 Å². The van der Waals surface area contributed by atoms with Crippen molar-refractivity contribution >= 4 is 5.97 Å². The Balaban J connectivity index is 1.85. The molecule has 0 amide bonds. The van der Waals surface area contributed by atoms with Crippen LogP contribution in [0.1, 0.15) is 41.7 Å². The summed E-state index contributed by atoms with van der Waals surface area (Å²) < 4.78 is 5.78. The molecule has 3 heteroatoms. The Labute approximate surface area is 153 Å². The number of hydrogen-bond donors (Lipinski definition) is 1. The minimum absolute atomic E-state index is 0.361. The SMILES string of the molecule is C[C@@H](C(=O)O[C@H](c1ccccc1)[C@@H](O)c1ccccc1)c1ccccc1.